The second-order valence-electron chi connectivity index (χ2n) is 5.85. The number of hydrogen-bond donors (Lipinski definition) is 1. The molecule has 0 aromatic carbocycles. The summed E-state index contributed by atoms with van der Waals surface area (Å²) in [5.74, 6) is 0. The van der Waals surface area contributed by atoms with Crippen LogP contribution in [0, 0.1) is 0 Å². The van der Waals surface area contributed by atoms with E-state index in [9.17, 15) is 0 Å². The largest absolute Gasteiger partial charge is 0.311 e. The summed E-state index contributed by atoms with van der Waals surface area (Å²) in [7, 11) is 0. The van der Waals surface area contributed by atoms with E-state index < -0.39 is 0 Å². The molecule has 2 rings (SSSR count). The molecule has 0 bridgehead atoms. The Morgan fingerprint density at radius 2 is 2.26 bits per heavy atom. The van der Waals surface area contributed by atoms with E-state index in [-0.39, 0.29) is 0 Å². The lowest BCUT2D eigenvalue weighted by Crippen LogP contribution is -2.54. The molecule has 0 aliphatic carbocycles. The van der Waals surface area contributed by atoms with Crippen molar-refractivity contribution in [3.63, 3.8) is 0 Å². The molecule has 1 aliphatic rings. The van der Waals surface area contributed by atoms with Crippen molar-refractivity contribution in [1.82, 2.24) is 20.0 Å². The predicted octanol–water partition coefficient (Wildman–Crippen LogP) is 2.43. The van der Waals surface area contributed by atoms with Gasteiger partial charge in [-0.3, -0.25) is 9.58 Å². The van der Waals surface area contributed by atoms with Crippen LogP contribution < -0.4 is 5.32 Å². The molecule has 108 valence electrons. The third-order valence-corrected chi connectivity index (χ3v) is 4.27. The number of piperazine rings is 1. The van der Waals surface area contributed by atoms with Crippen molar-refractivity contribution in [2.75, 3.05) is 13.1 Å². The summed E-state index contributed by atoms with van der Waals surface area (Å²) < 4.78 is 2.10. The molecule has 1 N–H and O–H groups in total. The highest BCUT2D eigenvalue weighted by atomic mass is 15.3. The smallest absolute Gasteiger partial charge is 0.0765 e. The van der Waals surface area contributed by atoms with Gasteiger partial charge in [-0.15, -0.1) is 0 Å². The molecule has 1 aromatic rings. The van der Waals surface area contributed by atoms with Crippen LogP contribution in [0.5, 0.6) is 0 Å². The lowest BCUT2D eigenvalue weighted by Gasteiger charge is -2.38. The van der Waals surface area contributed by atoms with Gasteiger partial charge in [-0.1, -0.05) is 13.8 Å². The molecule has 1 aliphatic heterocycles. The Kier molecular flexibility index (Phi) is 4.99. The molecule has 4 heteroatoms. The lowest BCUT2D eigenvalue weighted by atomic mass is 10.1. The first-order valence-corrected chi connectivity index (χ1v) is 7.65. The van der Waals surface area contributed by atoms with Crippen molar-refractivity contribution in [2.45, 2.75) is 65.2 Å². The van der Waals surface area contributed by atoms with Crippen LogP contribution in [0.2, 0.25) is 0 Å². The maximum atomic E-state index is 4.72. The molecule has 2 heterocycles. The minimum atomic E-state index is 0.498. The fourth-order valence-electron chi connectivity index (χ4n) is 2.73. The van der Waals surface area contributed by atoms with Crippen LogP contribution in [0.3, 0.4) is 0 Å². The van der Waals surface area contributed by atoms with Crippen molar-refractivity contribution >= 4 is 0 Å². The van der Waals surface area contributed by atoms with Crippen molar-refractivity contribution in [3.8, 4) is 0 Å². The number of nitrogens with one attached hydrogen (secondary N) is 1. The van der Waals surface area contributed by atoms with Gasteiger partial charge in [0.25, 0.3) is 0 Å². The molecule has 19 heavy (non-hydrogen) atoms. The molecule has 3 unspecified atom stereocenters. The third kappa shape index (κ3) is 3.57. The van der Waals surface area contributed by atoms with E-state index >= 15 is 0 Å². The second kappa shape index (κ2) is 6.53. The van der Waals surface area contributed by atoms with Gasteiger partial charge in [-0.05, 0) is 32.8 Å². The van der Waals surface area contributed by atoms with Gasteiger partial charge in [0.15, 0.2) is 0 Å². The van der Waals surface area contributed by atoms with Gasteiger partial charge in [0.05, 0.1) is 5.69 Å². The van der Waals surface area contributed by atoms with Crippen LogP contribution in [-0.2, 0) is 6.54 Å². The molecule has 0 amide bonds. The van der Waals surface area contributed by atoms with Crippen molar-refractivity contribution in [1.29, 1.82) is 0 Å². The normalized spacial score (nSPS) is 26.5. The zero-order valence-electron chi connectivity index (χ0n) is 12.8. The first kappa shape index (κ1) is 14.5. The Balaban J connectivity index is 2.00. The van der Waals surface area contributed by atoms with Gasteiger partial charge in [-0.25, -0.2) is 0 Å². The summed E-state index contributed by atoms with van der Waals surface area (Å²) >= 11 is 0. The number of nitrogens with zero attached hydrogens (tertiary/aromatic N) is 3. The summed E-state index contributed by atoms with van der Waals surface area (Å²) in [6.45, 7) is 12.2. The molecule has 1 fully saturated rings. The Morgan fingerprint density at radius 3 is 2.95 bits per heavy atom. The lowest BCUT2D eigenvalue weighted by molar-refractivity contribution is 0.122. The Morgan fingerprint density at radius 1 is 1.47 bits per heavy atom. The maximum Gasteiger partial charge on any atom is 0.0765 e. The van der Waals surface area contributed by atoms with Crippen LogP contribution in [0.1, 0.15) is 52.3 Å². The monoisotopic (exact) mass is 264 g/mol. The average Bonchev–Trinajstić information content (AvgIpc) is 2.86. The summed E-state index contributed by atoms with van der Waals surface area (Å²) in [6, 6.07) is 3.90. The van der Waals surface area contributed by atoms with E-state index in [1.165, 1.54) is 12.1 Å². The molecular weight excluding hydrogens is 236 g/mol. The van der Waals surface area contributed by atoms with Gasteiger partial charge >= 0.3 is 0 Å². The minimum Gasteiger partial charge on any atom is -0.311 e. The predicted molar refractivity (Wildman–Crippen MR) is 79.2 cm³/mol. The summed E-state index contributed by atoms with van der Waals surface area (Å²) in [5.41, 5.74) is 1.20. The van der Waals surface area contributed by atoms with Gasteiger partial charge in [-0.2, -0.15) is 5.10 Å². The summed E-state index contributed by atoms with van der Waals surface area (Å²) in [5, 5.41) is 8.29. The van der Waals surface area contributed by atoms with Crippen LogP contribution in [0.25, 0.3) is 0 Å². The highest BCUT2D eigenvalue weighted by Crippen LogP contribution is 2.15. The molecule has 0 saturated carbocycles. The SMILES string of the molecule is CCC1CNC(C)CN1Cc1ccn(C(C)CC)n1. The van der Waals surface area contributed by atoms with Gasteiger partial charge in [0.2, 0.25) is 0 Å². The Labute approximate surface area is 117 Å². The third-order valence-electron chi connectivity index (χ3n) is 4.27. The minimum absolute atomic E-state index is 0.498. The molecule has 0 radical (unpaired) electrons. The fourth-order valence-corrected chi connectivity index (χ4v) is 2.73. The number of aromatic nitrogens is 2. The van der Waals surface area contributed by atoms with E-state index in [0.717, 1.165) is 26.1 Å². The van der Waals surface area contributed by atoms with Crippen molar-refractivity contribution in [3.05, 3.63) is 18.0 Å². The van der Waals surface area contributed by atoms with Crippen LogP contribution in [-0.4, -0.2) is 39.9 Å². The first-order chi connectivity index (χ1) is 9.13. The van der Waals surface area contributed by atoms with Crippen molar-refractivity contribution < 1.29 is 0 Å². The standard InChI is InChI=1S/C15H28N4/c1-5-13(4)19-8-7-14(17-19)11-18-10-12(3)16-9-15(18)6-2/h7-8,12-13,15-16H,5-6,9-11H2,1-4H3. The van der Waals surface area contributed by atoms with Crippen LogP contribution in [0.4, 0.5) is 0 Å². The first-order valence-electron chi connectivity index (χ1n) is 7.65. The van der Waals surface area contributed by atoms with E-state index in [2.05, 4.69) is 54.9 Å². The highest BCUT2D eigenvalue weighted by molar-refractivity contribution is 5.01. The highest BCUT2D eigenvalue weighted by Gasteiger charge is 2.24. The topological polar surface area (TPSA) is 33.1 Å². The molecule has 4 nitrogen and oxygen atoms in total. The molecule has 0 spiro atoms. The Hall–Kier alpha value is -0.870. The van der Waals surface area contributed by atoms with E-state index in [1.54, 1.807) is 0 Å². The molecule has 1 aromatic heterocycles. The second-order valence-corrected chi connectivity index (χ2v) is 5.85. The van der Waals surface area contributed by atoms with Gasteiger partial charge < -0.3 is 5.32 Å². The van der Waals surface area contributed by atoms with E-state index in [1.807, 2.05) is 0 Å². The van der Waals surface area contributed by atoms with Gasteiger partial charge in [0.1, 0.15) is 0 Å². The molecular formula is C15H28N4. The molecule has 1 saturated heterocycles. The van der Waals surface area contributed by atoms with E-state index in [0.29, 0.717) is 18.1 Å². The number of rotatable bonds is 5. The average molecular weight is 264 g/mol. The van der Waals surface area contributed by atoms with Crippen molar-refractivity contribution in [2.24, 2.45) is 0 Å². The van der Waals surface area contributed by atoms with E-state index in [4.69, 9.17) is 5.10 Å². The Bertz CT molecular complexity index is 387. The summed E-state index contributed by atoms with van der Waals surface area (Å²) in [4.78, 5) is 2.57. The van der Waals surface area contributed by atoms with Gasteiger partial charge in [0, 0.05) is 44.0 Å². The van der Waals surface area contributed by atoms with Crippen LogP contribution >= 0.6 is 0 Å². The zero-order valence-corrected chi connectivity index (χ0v) is 12.8. The number of hydrogen-bond acceptors (Lipinski definition) is 3. The molecule has 3 atom stereocenters. The maximum absolute atomic E-state index is 4.72. The quantitative estimate of drug-likeness (QED) is 0.886. The fraction of sp³-hybridized carbons (Fsp3) is 0.800. The zero-order chi connectivity index (χ0) is 13.8. The summed E-state index contributed by atoms with van der Waals surface area (Å²) in [6.07, 6.45) is 4.45. The van der Waals surface area contributed by atoms with Crippen LogP contribution in [0.15, 0.2) is 12.3 Å².